The Morgan fingerprint density at radius 1 is 1.44 bits per heavy atom. The number of amides is 1. The maximum Gasteiger partial charge on any atom is 0.257 e. The van der Waals surface area contributed by atoms with Gasteiger partial charge in [0, 0.05) is 30.7 Å². The van der Waals surface area contributed by atoms with Crippen LogP contribution in [0.4, 0.5) is 5.69 Å². The van der Waals surface area contributed by atoms with Crippen LogP contribution in [0.3, 0.4) is 0 Å². The van der Waals surface area contributed by atoms with Gasteiger partial charge in [-0.15, -0.1) is 0 Å². The van der Waals surface area contributed by atoms with Crippen LogP contribution in [0.25, 0.3) is 0 Å². The van der Waals surface area contributed by atoms with Crippen LogP contribution in [0.1, 0.15) is 43.2 Å². The molecule has 0 aliphatic rings. The molecule has 0 saturated heterocycles. The van der Waals surface area contributed by atoms with E-state index in [1.807, 2.05) is 14.0 Å². The number of aryl methyl sites for hydroxylation is 1. The van der Waals surface area contributed by atoms with Gasteiger partial charge in [-0.3, -0.25) is 9.78 Å². The fraction of sp³-hybridized carbons (Fsp3) is 0.571. The zero-order valence-corrected chi connectivity index (χ0v) is 11.9. The second-order valence-electron chi connectivity index (χ2n) is 5.31. The molecule has 2 N–H and O–H groups in total. The summed E-state index contributed by atoms with van der Waals surface area (Å²) in [6.45, 7) is 8.21. The number of hydrogen-bond donors (Lipinski definition) is 1. The summed E-state index contributed by atoms with van der Waals surface area (Å²) in [6.07, 6.45) is 2.53. The Morgan fingerprint density at radius 3 is 2.56 bits per heavy atom. The molecule has 0 spiro atoms. The lowest BCUT2D eigenvalue weighted by Crippen LogP contribution is -2.36. The van der Waals surface area contributed by atoms with Crippen LogP contribution >= 0.6 is 0 Å². The van der Waals surface area contributed by atoms with Crippen LogP contribution in [0, 0.1) is 12.8 Å². The molecular formula is C14H23N3O. The molecule has 1 heterocycles. The SMILES string of the molecule is Cc1cc(N)c(C(=O)N(C)C(C)CC(C)C)cn1. The molecule has 1 atom stereocenters. The first-order chi connectivity index (χ1) is 8.32. The number of anilines is 1. The Hall–Kier alpha value is -1.58. The van der Waals surface area contributed by atoms with Crippen LogP contribution in [-0.4, -0.2) is 28.9 Å². The maximum atomic E-state index is 12.3. The Morgan fingerprint density at radius 2 is 2.06 bits per heavy atom. The molecule has 0 aliphatic carbocycles. The molecule has 0 bridgehead atoms. The Balaban J connectivity index is 2.86. The van der Waals surface area contributed by atoms with Crippen molar-refractivity contribution in [1.29, 1.82) is 0 Å². The number of carbonyl (C=O) groups is 1. The van der Waals surface area contributed by atoms with Crippen molar-refractivity contribution in [2.24, 2.45) is 5.92 Å². The topological polar surface area (TPSA) is 59.2 Å². The quantitative estimate of drug-likeness (QED) is 0.891. The van der Waals surface area contributed by atoms with Crippen molar-refractivity contribution in [3.05, 3.63) is 23.5 Å². The van der Waals surface area contributed by atoms with Gasteiger partial charge < -0.3 is 10.6 Å². The molecule has 0 radical (unpaired) electrons. The highest BCUT2D eigenvalue weighted by Crippen LogP contribution is 2.17. The molecule has 1 rings (SSSR count). The lowest BCUT2D eigenvalue weighted by molar-refractivity contribution is 0.0729. The predicted molar refractivity (Wildman–Crippen MR) is 74.4 cm³/mol. The number of hydrogen-bond acceptors (Lipinski definition) is 3. The number of pyridine rings is 1. The van der Waals surface area contributed by atoms with E-state index in [1.165, 1.54) is 0 Å². The van der Waals surface area contributed by atoms with Gasteiger partial charge in [0.2, 0.25) is 0 Å². The van der Waals surface area contributed by atoms with E-state index in [-0.39, 0.29) is 11.9 Å². The van der Waals surface area contributed by atoms with Crippen molar-refractivity contribution < 1.29 is 4.79 Å². The molecule has 4 heteroatoms. The van der Waals surface area contributed by atoms with E-state index in [0.29, 0.717) is 17.2 Å². The first-order valence-corrected chi connectivity index (χ1v) is 6.32. The van der Waals surface area contributed by atoms with E-state index in [0.717, 1.165) is 12.1 Å². The minimum Gasteiger partial charge on any atom is -0.398 e. The monoisotopic (exact) mass is 249 g/mol. The van der Waals surface area contributed by atoms with Gasteiger partial charge in [0.05, 0.1) is 5.56 Å². The average molecular weight is 249 g/mol. The number of rotatable bonds is 4. The highest BCUT2D eigenvalue weighted by molar-refractivity contribution is 5.98. The summed E-state index contributed by atoms with van der Waals surface area (Å²) in [6, 6.07) is 1.92. The molecule has 0 aliphatic heterocycles. The summed E-state index contributed by atoms with van der Waals surface area (Å²) in [7, 11) is 1.81. The van der Waals surface area contributed by atoms with Crippen molar-refractivity contribution >= 4 is 11.6 Å². The van der Waals surface area contributed by atoms with Gasteiger partial charge in [-0.2, -0.15) is 0 Å². The molecule has 1 unspecified atom stereocenters. The highest BCUT2D eigenvalue weighted by Gasteiger charge is 2.20. The summed E-state index contributed by atoms with van der Waals surface area (Å²) in [5.74, 6) is 0.497. The van der Waals surface area contributed by atoms with Crippen LogP contribution < -0.4 is 5.73 Å². The molecule has 1 aromatic heterocycles. The van der Waals surface area contributed by atoms with Gasteiger partial charge in [0.1, 0.15) is 0 Å². The van der Waals surface area contributed by atoms with Crippen molar-refractivity contribution in [1.82, 2.24) is 9.88 Å². The normalized spacial score (nSPS) is 12.6. The lowest BCUT2D eigenvalue weighted by Gasteiger charge is -2.26. The summed E-state index contributed by atoms with van der Waals surface area (Å²) in [4.78, 5) is 18.2. The number of nitrogens with zero attached hydrogens (tertiary/aromatic N) is 2. The summed E-state index contributed by atoms with van der Waals surface area (Å²) in [5.41, 5.74) is 7.68. The van der Waals surface area contributed by atoms with Gasteiger partial charge in [-0.1, -0.05) is 13.8 Å². The number of carbonyl (C=O) groups excluding carboxylic acids is 1. The predicted octanol–water partition coefficient (Wildman–Crippen LogP) is 2.48. The Kier molecular flexibility index (Phi) is 4.70. The Bertz CT molecular complexity index is 429. The number of nitrogen functional groups attached to an aromatic ring is 1. The van der Waals surface area contributed by atoms with Gasteiger partial charge in [-0.25, -0.2) is 0 Å². The lowest BCUT2D eigenvalue weighted by atomic mass is 10.0. The van der Waals surface area contributed by atoms with Crippen molar-refractivity contribution in [2.75, 3.05) is 12.8 Å². The molecule has 1 aromatic rings. The second-order valence-corrected chi connectivity index (χ2v) is 5.31. The number of aromatic nitrogens is 1. The molecule has 1 amide bonds. The van der Waals surface area contributed by atoms with Crippen LogP contribution in [0.5, 0.6) is 0 Å². The van der Waals surface area contributed by atoms with Gasteiger partial charge in [-0.05, 0) is 32.3 Å². The zero-order valence-electron chi connectivity index (χ0n) is 11.9. The first kappa shape index (κ1) is 14.5. The van der Waals surface area contributed by atoms with Crippen molar-refractivity contribution in [2.45, 2.75) is 40.2 Å². The first-order valence-electron chi connectivity index (χ1n) is 6.32. The molecule has 4 nitrogen and oxygen atoms in total. The fourth-order valence-corrected chi connectivity index (χ4v) is 1.99. The Labute approximate surface area is 109 Å². The maximum absolute atomic E-state index is 12.3. The largest absolute Gasteiger partial charge is 0.398 e. The van der Waals surface area contributed by atoms with E-state index in [1.54, 1.807) is 17.2 Å². The molecule has 100 valence electrons. The van der Waals surface area contributed by atoms with Gasteiger partial charge in [0.25, 0.3) is 5.91 Å². The third-order valence-electron chi connectivity index (χ3n) is 3.10. The molecule has 0 saturated carbocycles. The summed E-state index contributed by atoms with van der Waals surface area (Å²) >= 11 is 0. The molecule has 0 fully saturated rings. The van der Waals surface area contributed by atoms with Crippen LogP contribution in [-0.2, 0) is 0 Å². The van der Waals surface area contributed by atoms with Crippen molar-refractivity contribution in [3.8, 4) is 0 Å². The van der Waals surface area contributed by atoms with Crippen LogP contribution in [0.2, 0.25) is 0 Å². The van der Waals surface area contributed by atoms with Gasteiger partial charge >= 0.3 is 0 Å². The van der Waals surface area contributed by atoms with Gasteiger partial charge in [0.15, 0.2) is 0 Å². The van der Waals surface area contributed by atoms with E-state index in [9.17, 15) is 4.79 Å². The summed E-state index contributed by atoms with van der Waals surface area (Å²) < 4.78 is 0. The average Bonchev–Trinajstić information content (AvgIpc) is 2.26. The van der Waals surface area contributed by atoms with E-state index in [4.69, 9.17) is 5.73 Å². The minimum atomic E-state index is -0.0619. The zero-order chi connectivity index (χ0) is 13.9. The third kappa shape index (κ3) is 3.45. The molecular weight excluding hydrogens is 226 g/mol. The van der Waals surface area contributed by atoms with E-state index >= 15 is 0 Å². The summed E-state index contributed by atoms with van der Waals surface area (Å²) in [5, 5.41) is 0. The third-order valence-corrected chi connectivity index (χ3v) is 3.10. The number of nitrogens with two attached hydrogens (primary N) is 1. The fourth-order valence-electron chi connectivity index (χ4n) is 1.99. The highest BCUT2D eigenvalue weighted by atomic mass is 16.2. The minimum absolute atomic E-state index is 0.0619. The van der Waals surface area contributed by atoms with Crippen molar-refractivity contribution in [3.63, 3.8) is 0 Å². The molecule has 0 aromatic carbocycles. The molecule has 18 heavy (non-hydrogen) atoms. The van der Waals surface area contributed by atoms with Crippen LogP contribution in [0.15, 0.2) is 12.3 Å². The standard InChI is InChI=1S/C14H23N3O/c1-9(2)6-11(4)17(5)14(18)12-8-16-10(3)7-13(12)15/h7-9,11H,6H2,1-5H3,(H2,15,16). The second kappa shape index (κ2) is 5.85. The van der Waals surface area contributed by atoms with E-state index in [2.05, 4.69) is 25.8 Å². The smallest absolute Gasteiger partial charge is 0.257 e. The van der Waals surface area contributed by atoms with E-state index < -0.39 is 0 Å².